The molecule has 2 N–H and O–H groups in total. The highest BCUT2D eigenvalue weighted by molar-refractivity contribution is 5.79. The van der Waals surface area contributed by atoms with Gasteiger partial charge >= 0.3 is 0 Å². The maximum absolute atomic E-state index is 5.57. The number of benzene rings is 1. The maximum atomic E-state index is 5.57. The van der Waals surface area contributed by atoms with E-state index in [4.69, 9.17) is 4.74 Å². The standard InChI is InChI=1S/C18H29N3O/c1-15(2)13-22-12-11-20-17(19-3)21-14-18(9-10-18)16-7-5-4-6-8-16/h4-8,15H,9-14H2,1-3H3,(H2,19,20,21). The first-order chi connectivity index (χ1) is 10.7. The quantitative estimate of drug-likeness (QED) is 0.441. The molecule has 0 atom stereocenters. The molecule has 1 aromatic rings. The summed E-state index contributed by atoms with van der Waals surface area (Å²) in [7, 11) is 1.81. The largest absolute Gasteiger partial charge is 0.379 e. The van der Waals surface area contributed by atoms with Crippen molar-refractivity contribution in [1.29, 1.82) is 0 Å². The number of guanidine groups is 1. The van der Waals surface area contributed by atoms with Gasteiger partial charge in [0.1, 0.15) is 0 Å². The molecule has 1 aliphatic carbocycles. The van der Waals surface area contributed by atoms with Gasteiger partial charge in [-0.2, -0.15) is 0 Å². The van der Waals surface area contributed by atoms with E-state index < -0.39 is 0 Å². The Kier molecular flexibility index (Phi) is 6.25. The van der Waals surface area contributed by atoms with Crippen LogP contribution in [0.15, 0.2) is 35.3 Å². The van der Waals surface area contributed by atoms with Crippen molar-refractivity contribution in [2.45, 2.75) is 32.1 Å². The zero-order chi connectivity index (χ0) is 15.8. The average Bonchev–Trinajstić information content (AvgIpc) is 3.32. The Morgan fingerprint density at radius 1 is 1.23 bits per heavy atom. The third-order valence-electron chi connectivity index (χ3n) is 4.05. The minimum absolute atomic E-state index is 0.299. The van der Waals surface area contributed by atoms with E-state index in [-0.39, 0.29) is 0 Å². The molecule has 0 spiro atoms. The SMILES string of the molecule is CN=C(NCCOCC(C)C)NCC1(c2ccccc2)CC1. The summed E-state index contributed by atoms with van der Waals surface area (Å²) in [4.78, 5) is 4.28. The number of hydrogen-bond acceptors (Lipinski definition) is 2. The fourth-order valence-corrected chi connectivity index (χ4v) is 2.54. The smallest absolute Gasteiger partial charge is 0.191 e. The van der Waals surface area contributed by atoms with Gasteiger partial charge in [0.05, 0.1) is 6.61 Å². The predicted molar refractivity (Wildman–Crippen MR) is 92.4 cm³/mol. The maximum Gasteiger partial charge on any atom is 0.191 e. The molecule has 0 aromatic heterocycles. The summed E-state index contributed by atoms with van der Waals surface area (Å²) in [6.07, 6.45) is 2.50. The number of ether oxygens (including phenoxy) is 1. The number of nitrogens with zero attached hydrogens (tertiary/aromatic N) is 1. The van der Waals surface area contributed by atoms with Gasteiger partial charge in [0.2, 0.25) is 0 Å². The first kappa shape index (κ1) is 16.8. The van der Waals surface area contributed by atoms with Crippen LogP contribution >= 0.6 is 0 Å². The van der Waals surface area contributed by atoms with Crippen LogP contribution in [0, 0.1) is 5.92 Å². The molecule has 0 heterocycles. The van der Waals surface area contributed by atoms with Gasteiger partial charge in [0.25, 0.3) is 0 Å². The molecule has 0 bridgehead atoms. The molecular weight excluding hydrogens is 274 g/mol. The first-order valence-corrected chi connectivity index (χ1v) is 8.24. The van der Waals surface area contributed by atoms with Crippen molar-refractivity contribution in [2.24, 2.45) is 10.9 Å². The van der Waals surface area contributed by atoms with E-state index in [9.17, 15) is 0 Å². The Hall–Kier alpha value is -1.55. The number of rotatable bonds is 8. The molecule has 0 amide bonds. The van der Waals surface area contributed by atoms with E-state index in [2.05, 4.69) is 59.8 Å². The molecule has 22 heavy (non-hydrogen) atoms. The fourth-order valence-electron chi connectivity index (χ4n) is 2.54. The van der Waals surface area contributed by atoms with Gasteiger partial charge in [-0.3, -0.25) is 4.99 Å². The molecule has 0 radical (unpaired) electrons. The molecule has 2 rings (SSSR count). The van der Waals surface area contributed by atoms with Crippen molar-refractivity contribution in [3.8, 4) is 0 Å². The molecule has 1 aliphatic rings. The zero-order valence-electron chi connectivity index (χ0n) is 14.1. The van der Waals surface area contributed by atoms with E-state index in [0.717, 1.165) is 25.7 Å². The lowest BCUT2D eigenvalue weighted by Gasteiger charge is -2.19. The highest BCUT2D eigenvalue weighted by Crippen LogP contribution is 2.47. The van der Waals surface area contributed by atoms with Crippen molar-refractivity contribution in [2.75, 3.05) is 33.4 Å². The Balaban J connectivity index is 1.71. The summed E-state index contributed by atoms with van der Waals surface area (Å²) in [6, 6.07) is 10.8. The minimum Gasteiger partial charge on any atom is -0.379 e. The Bertz CT molecular complexity index is 466. The fraction of sp³-hybridized carbons (Fsp3) is 0.611. The Labute approximate surface area is 134 Å². The van der Waals surface area contributed by atoms with Crippen LogP contribution in [0.4, 0.5) is 0 Å². The van der Waals surface area contributed by atoms with E-state index in [1.807, 2.05) is 7.05 Å². The molecule has 1 saturated carbocycles. The molecule has 0 aliphatic heterocycles. The first-order valence-electron chi connectivity index (χ1n) is 8.24. The van der Waals surface area contributed by atoms with E-state index in [1.165, 1.54) is 18.4 Å². The van der Waals surface area contributed by atoms with Crippen molar-refractivity contribution in [3.05, 3.63) is 35.9 Å². The highest BCUT2D eigenvalue weighted by atomic mass is 16.5. The highest BCUT2D eigenvalue weighted by Gasteiger charge is 2.43. The number of aliphatic imine (C=N–C) groups is 1. The summed E-state index contributed by atoms with van der Waals surface area (Å²) in [5, 5.41) is 6.76. The van der Waals surface area contributed by atoms with Gasteiger partial charge in [-0.05, 0) is 24.3 Å². The minimum atomic E-state index is 0.299. The van der Waals surface area contributed by atoms with Crippen LogP contribution in [0.2, 0.25) is 0 Å². The molecule has 4 heteroatoms. The van der Waals surface area contributed by atoms with Crippen LogP contribution in [0.25, 0.3) is 0 Å². The molecule has 4 nitrogen and oxygen atoms in total. The summed E-state index contributed by atoms with van der Waals surface area (Å²) >= 11 is 0. The third kappa shape index (κ3) is 5.02. The predicted octanol–water partition coefficient (Wildman–Crippen LogP) is 2.56. The van der Waals surface area contributed by atoms with Gasteiger partial charge < -0.3 is 15.4 Å². The topological polar surface area (TPSA) is 45.7 Å². The second-order valence-electron chi connectivity index (χ2n) is 6.47. The average molecular weight is 303 g/mol. The van der Waals surface area contributed by atoms with Crippen molar-refractivity contribution in [1.82, 2.24) is 10.6 Å². The van der Waals surface area contributed by atoms with Crippen molar-refractivity contribution in [3.63, 3.8) is 0 Å². The van der Waals surface area contributed by atoms with Gasteiger partial charge in [0.15, 0.2) is 5.96 Å². The molecule has 0 unspecified atom stereocenters. The summed E-state index contributed by atoms with van der Waals surface area (Å²) in [5.41, 5.74) is 1.73. The monoisotopic (exact) mass is 303 g/mol. The lowest BCUT2D eigenvalue weighted by Crippen LogP contribution is -2.42. The lowest BCUT2D eigenvalue weighted by molar-refractivity contribution is 0.114. The van der Waals surface area contributed by atoms with Crippen LogP contribution in [0.1, 0.15) is 32.3 Å². The van der Waals surface area contributed by atoms with Gasteiger partial charge in [-0.25, -0.2) is 0 Å². The van der Waals surface area contributed by atoms with Gasteiger partial charge in [0, 0.05) is 32.2 Å². The van der Waals surface area contributed by atoms with Crippen molar-refractivity contribution < 1.29 is 4.74 Å². The van der Waals surface area contributed by atoms with Crippen LogP contribution in [-0.4, -0.2) is 39.3 Å². The summed E-state index contributed by atoms with van der Waals surface area (Å²) in [6.45, 7) is 7.56. The molecule has 0 saturated heterocycles. The molecule has 1 fully saturated rings. The van der Waals surface area contributed by atoms with Gasteiger partial charge in [-0.15, -0.1) is 0 Å². The second kappa shape index (κ2) is 8.18. The Morgan fingerprint density at radius 2 is 1.95 bits per heavy atom. The van der Waals surface area contributed by atoms with E-state index in [0.29, 0.717) is 17.9 Å². The zero-order valence-corrected chi connectivity index (χ0v) is 14.1. The molecular formula is C18H29N3O. The summed E-state index contributed by atoms with van der Waals surface area (Å²) in [5.74, 6) is 1.44. The number of nitrogens with one attached hydrogen (secondary N) is 2. The van der Waals surface area contributed by atoms with Gasteiger partial charge in [-0.1, -0.05) is 44.2 Å². The van der Waals surface area contributed by atoms with Crippen LogP contribution in [-0.2, 0) is 10.2 Å². The Morgan fingerprint density at radius 3 is 2.55 bits per heavy atom. The van der Waals surface area contributed by atoms with Crippen molar-refractivity contribution >= 4 is 5.96 Å². The van der Waals surface area contributed by atoms with Crippen LogP contribution in [0.5, 0.6) is 0 Å². The summed E-state index contributed by atoms with van der Waals surface area (Å²) < 4.78 is 5.57. The lowest BCUT2D eigenvalue weighted by atomic mass is 9.96. The molecule has 122 valence electrons. The van der Waals surface area contributed by atoms with Crippen LogP contribution in [0.3, 0.4) is 0 Å². The van der Waals surface area contributed by atoms with E-state index in [1.54, 1.807) is 0 Å². The number of hydrogen-bond donors (Lipinski definition) is 2. The second-order valence-corrected chi connectivity index (χ2v) is 6.47. The van der Waals surface area contributed by atoms with E-state index >= 15 is 0 Å². The van der Waals surface area contributed by atoms with Crippen LogP contribution < -0.4 is 10.6 Å². The third-order valence-corrected chi connectivity index (χ3v) is 4.05. The normalized spacial score (nSPS) is 16.6. The molecule has 1 aromatic carbocycles.